The molecule has 1 aromatic heterocycles. The highest BCUT2D eigenvalue weighted by Gasteiger charge is 2.17. The van der Waals surface area contributed by atoms with Gasteiger partial charge in [0.1, 0.15) is 0 Å². The molecule has 0 atom stereocenters. The summed E-state index contributed by atoms with van der Waals surface area (Å²) in [6, 6.07) is 0. The van der Waals surface area contributed by atoms with Crippen molar-refractivity contribution in [2.24, 2.45) is 0 Å². The molecule has 0 saturated carbocycles. The predicted molar refractivity (Wildman–Crippen MR) is 69.7 cm³/mol. The Bertz CT molecular complexity index is 398. The second-order valence-corrected chi connectivity index (χ2v) is 4.69. The normalized spacial score (nSPS) is 17.8. The van der Waals surface area contributed by atoms with Gasteiger partial charge in [-0.05, 0) is 26.8 Å². The molecular weight excluding hydrogens is 230 g/mol. The van der Waals surface area contributed by atoms with Crippen LogP contribution in [0.2, 0.25) is 0 Å². The van der Waals surface area contributed by atoms with Gasteiger partial charge >= 0.3 is 0 Å². The van der Waals surface area contributed by atoms with E-state index in [2.05, 4.69) is 25.0 Å². The van der Waals surface area contributed by atoms with Crippen molar-refractivity contribution in [3.05, 3.63) is 11.4 Å². The molecule has 0 aliphatic carbocycles. The van der Waals surface area contributed by atoms with Crippen LogP contribution in [0.1, 0.15) is 17.8 Å². The summed E-state index contributed by atoms with van der Waals surface area (Å²) >= 11 is 0. The maximum absolute atomic E-state index is 8.97. The van der Waals surface area contributed by atoms with Gasteiger partial charge in [0.15, 0.2) is 0 Å². The van der Waals surface area contributed by atoms with E-state index in [4.69, 9.17) is 5.11 Å². The third-order valence-electron chi connectivity index (χ3n) is 3.37. The van der Waals surface area contributed by atoms with Gasteiger partial charge in [0.05, 0.1) is 18.0 Å². The molecule has 2 rings (SSSR count). The molecule has 1 aliphatic heterocycles. The molecule has 2 heterocycles. The third kappa shape index (κ3) is 3.14. The molecule has 100 valence electrons. The van der Waals surface area contributed by atoms with Crippen LogP contribution in [0.4, 0.5) is 5.95 Å². The zero-order chi connectivity index (χ0) is 13.0. The predicted octanol–water partition coefficient (Wildman–Crippen LogP) is -0.00716. The van der Waals surface area contributed by atoms with Crippen LogP contribution in [0.3, 0.4) is 0 Å². The van der Waals surface area contributed by atoms with Crippen LogP contribution in [-0.2, 0) is 0 Å². The third-order valence-corrected chi connectivity index (χ3v) is 3.37. The van der Waals surface area contributed by atoms with E-state index < -0.39 is 0 Å². The van der Waals surface area contributed by atoms with Gasteiger partial charge in [0.25, 0.3) is 0 Å². The van der Waals surface area contributed by atoms with Gasteiger partial charge in [-0.25, -0.2) is 4.98 Å². The second-order valence-electron chi connectivity index (χ2n) is 4.69. The topological polar surface area (TPSA) is 65.4 Å². The first-order valence-electron chi connectivity index (χ1n) is 6.47. The first-order chi connectivity index (χ1) is 8.70. The van der Waals surface area contributed by atoms with Crippen LogP contribution in [0, 0.1) is 13.8 Å². The molecule has 0 amide bonds. The Morgan fingerprint density at radius 3 is 2.61 bits per heavy atom. The number of nitrogens with zero attached hydrogens (tertiary/aromatic N) is 5. The lowest BCUT2D eigenvalue weighted by Gasteiger charge is -2.21. The lowest BCUT2D eigenvalue weighted by molar-refractivity contribution is 0.204. The number of aromatic nitrogens is 3. The fourth-order valence-electron chi connectivity index (χ4n) is 2.12. The van der Waals surface area contributed by atoms with Crippen molar-refractivity contribution in [1.82, 2.24) is 20.1 Å². The van der Waals surface area contributed by atoms with Crippen LogP contribution < -0.4 is 4.90 Å². The minimum atomic E-state index is 0.224. The molecule has 6 nitrogen and oxygen atoms in total. The van der Waals surface area contributed by atoms with Crippen molar-refractivity contribution in [3.63, 3.8) is 0 Å². The van der Waals surface area contributed by atoms with Crippen LogP contribution in [0.5, 0.6) is 0 Å². The molecule has 0 spiro atoms. The second kappa shape index (κ2) is 6.06. The smallest absolute Gasteiger partial charge is 0.245 e. The van der Waals surface area contributed by atoms with E-state index in [1.165, 1.54) is 0 Å². The van der Waals surface area contributed by atoms with Crippen LogP contribution in [0.25, 0.3) is 0 Å². The first kappa shape index (κ1) is 13.2. The average Bonchev–Trinajstić information content (AvgIpc) is 2.59. The standard InChI is InChI=1S/C12H21N5O/c1-10-11(2)14-15-12(13-10)17-5-3-4-16(6-7-17)8-9-18/h18H,3-9H2,1-2H3. The minimum Gasteiger partial charge on any atom is -0.395 e. The van der Waals surface area contributed by atoms with Crippen molar-refractivity contribution in [2.75, 3.05) is 44.2 Å². The highest BCUT2D eigenvalue weighted by atomic mass is 16.3. The number of β-amino-alcohol motifs (C(OH)–C–C–N with tert-alkyl or cyclic N) is 1. The van der Waals surface area contributed by atoms with Crippen molar-refractivity contribution in [1.29, 1.82) is 0 Å². The summed E-state index contributed by atoms with van der Waals surface area (Å²) in [5.74, 6) is 0.726. The first-order valence-corrected chi connectivity index (χ1v) is 6.47. The van der Waals surface area contributed by atoms with Gasteiger partial charge in [0.2, 0.25) is 5.95 Å². The van der Waals surface area contributed by atoms with E-state index in [1.54, 1.807) is 0 Å². The van der Waals surface area contributed by atoms with Gasteiger partial charge in [0, 0.05) is 26.2 Å². The Kier molecular flexibility index (Phi) is 4.43. The van der Waals surface area contributed by atoms with Gasteiger partial charge < -0.3 is 10.0 Å². The van der Waals surface area contributed by atoms with Crippen LogP contribution >= 0.6 is 0 Å². The quantitative estimate of drug-likeness (QED) is 0.815. The number of rotatable bonds is 3. The number of aryl methyl sites for hydroxylation is 2. The van der Waals surface area contributed by atoms with Gasteiger partial charge in [-0.1, -0.05) is 0 Å². The SMILES string of the molecule is Cc1nnc(N2CCCN(CCO)CC2)nc1C. The molecule has 0 bridgehead atoms. The molecule has 18 heavy (non-hydrogen) atoms. The number of aliphatic hydroxyl groups excluding tert-OH is 1. The van der Waals surface area contributed by atoms with E-state index in [9.17, 15) is 0 Å². The number of hydrogen-bond donors (Lipinski definition) is 1. The highest BCUT2D eigenvalue weighted by Crippen LogP contribution is 2.11. The average molecular weight is 251 g/mol. The van der Waals surface area contributed by atoms with E-state index >= 15 is 0 Å². The monoisotopic (exact) mass is 251 g/mol. The molecule has 1 aromatic rings. The van der Waals surface area contributed by atoms with Crippen LogP contribution in [0.15, 0.2) is 0 Å². The summed E-state index contributed by atoms with van der Waals surface area (Å²) in [4.78, 5) is 8.94. The van der Waals surface area contributed by atoms with Gasteiger partial charge in [-0.3, -0.25) is 4.90 Å². The van der Waals surface area contributed by atoms with Crippen LogP contribution in [-0.4, -0.2) is 64.5 Å². The van der Waals surface area contributed by atoms with E-state index in [0.29, 0.717) is 0 Å². The van der Waals surface area contributed by atoms with Crippen molar-refractivity contribution >= 4 is 5.95 Å². The molecule has 0 radical (unpaired) electrons. The lowest BCUT2D eigenvalue weighted by atomic mass is 10.3. The van der Waals surface area contributed by atoms with Gasteiger partial charge in [-0.15, -0.1) is 5.10 Å². The highest BCUT2D eigenvalue weighted by molar-refractivity contribution is 5.30. The molecule has 1 fully saturated rings. The fraction of sp³-hybridized carbons (Fsp3) is 0.750. The maximum Gasteiger partial charge on any atom is 0.245 e. The molecule has 0 aromatic carbocycles. The fourth-order valence-corrected chi connectivity index (χ4v) is 2.12. The van der Waals surface area contributed by atoms with Crippen molar-refractivity contribution in [2.45, 2.75) is 20.3 Å². The Balaban J connectivity index is 2.02. The van der Waals surface area contributed by atoms with E-state index in [1.807, 2.05) is 13.8 Å². The number of aliphatic hydroxyl groups is 1. The lowest BCUT2D eigenvalue weighted by Crippen LogP contribution is -2.33. The number of hydrogen-bond acceptors (Lipinski definition) is 6. The Labute approximate surface area is 108 Å². The summed E-state index contributed by atoms with van der Waals surface area (Å²) in [7, 11) is 0. The largest absolute Gasteiger partial charge is 0.395 e. The molecule has 0 unspecified atom stereocenters. The molecule has 1 N–H and O–H groups in total. The Hall–Kier alpha value is -1.27. The molecular formula is C12H21N5O. The Morgan fingerprint density at radius 1 is 1.06 bits per heavy atom. The van der Waals surface area contributed by atoms with Gasteiger partial charge in [-0.2, -0.15) is 5.10 Å². The van der Waals surface area contributed by atoms with E-state index in [0.717, 1.165) is 56.5 Å². The summed E-state index contributed by atoms with van der Waals surface area (Å²) in [5.41, 5.74) is 1.83. The van der Waals surface area contributed by atoms with Crippen molar-refractivity contribution < 1.29 is 5.11 Å². The summed E-state index contributed by atoms with van der Waals surface area (Å²) < 4.78 is 0. The van der Waals surface area contributed by atoms with Crippen molar-refractivity contribution in [3.8, 4) is 0 Å². The molecule has 1 saturated heterocycles. The Morgan fingerprint density at radius 2 is 1.89 bits per heavy atom. The zero-order valence-electron chi connectivity index (χ0n) is 11.1. The zero-order valence-corrected chi connectivity index (χ0v) is 11.1. The summed E-state index contributed by atoms with van der Waals surface area (Å²) in [6.07, 6.45) is 1.07. The van der Waals surface area contributed by atoms with E-state index in [-0.39, 0.29) is 6.61 Å². The molecule has 6 heteroatoms. The summed E-state index contributed by atoms with van der Waals surface area (Å²) in [5, 5.41) is 17.3. The summed E-state index contributed by atoms with van der Waals surface area (Å²) in [6.45, 7) is 8.66. The number of anilines is 1. The minimum absolute atomic E-state index is 0.224. The maximum atomic E-state index is 8.97. The molecule has 1 aliphatic rings.